The minimum absolute atomic E-state index is 0.341. The summed E-state index contributed by atoms with van der Waals surface area (Å²) in [5.41, 5.74) is 0.400. The van der Waals surface area contributed by atoms with Crippen LogP contribution in [0.25, 0.3) is 0 Å². The molecule has 0 aliphatic heterocycles. The van der Waals surface area contributed by atoms with Crippen molar-refractivity contribution in [2.45, 2.75) is 97.8 Å². The van der Waals surface area contributed by atoms with E-state index in [9.17, 15) is 10.0 Å². The molecule has 0 heterocycles. The lowest BCUT2D eigenvalue weighted by Gasteiger charge is -2.23. The van der Waals surface area contributed by atoms with Gasteiger partial charge in [0.05, 0.1) is 6.54 Å². The average Bonchev–Trinajstić information content (AvgIpc) is 2.53. The van der Waals surface area contributed by atoms with Gasteiger partial charge >= 0.3 is 0 Å². The fourth-order valence-electron chi connectivity index (χ4n) is 2.95. The molecule has 136 valence electrons. The highest BCUT2D eigenvalue weighted by molar-refractivity contribution is 5.91. The summed E-state index contributed by atoms with van der Waals surface area (Å²) in [6.07, 6.45) is 14.9. The summed E-state index contributed by atoms with van der Waals surface area (Å²) in [7, 11) is 0. The van der Waals surface area contributed by atoms with E-state index in [0.29, 0.717) is 18.0 Å². The Kier molecular flexibility index (Phi) is 14.2. The van der Waals surface area contributed by atoms with Crippen molar-refractivity contribution in [2.75, 3.05) is 6.54 Å². The van der Waals surface area contributed by atoms with Gasteiger partial charge in [0.2, 0.25) is 0 Å². The molecular formula is C20H39NO2. The molecule has 3 nitrogen and oxygen atoms in total. The van der Waals surface area contributed by atoms with E-state index in [4.69, 9.17) is 0 Å². The molecule has 0 aromatic heterocycles. The van der Waals surface area contributed by atoms with Crippen molar-refractivity contribution in [3.8, 4) is 0 Å². The van der Waals surface area contributed by atoms with Gasteiger partial charge in [0, 0.05) is 5.57 Å². The summed E-state index contributed by atoms with van der Waals surface area (Å²) in [5.74, 6) is 0.0674. The van der Waals surface area contributed by atoms with E-state index < -0.39 is 0 Å². The lowest BCUT2D eigenvalue weighted by atomic mass is 9.94. The lowest BCUT2D eigenvalue weighted by Crippen LogP contribution is -2.32. The zero-order valence-electron chi connectivity index (χ0n) is 15.8. The summed E-state index contributed by atoms with van der Waals surface area (Å²) in [4.78, 5) is 11.8. The van der Waals surface area contributed by atoms with Crippen molar-refractivity contribution in [1.29, 1.82) is 0 Å². The maximum Gasteiger partial charge on any atom is 0.272 e. The van der Waals surface area contributed by atoms with Gasteiger partial charge in [-0.15, -0.1) is 0 Å². The van der Waals surface area contributed by atoms with Crippen LogP contribution in [0.5, 0.6) is 0 Å². The first-order chi connectivity index (χ1) is 11.0. The van der Waals surface area contributed by atoms with E-state index in [1.807, 2.05) is 0 Å². The molecule has 0 radical (unpaired) electrons. The minimum atomic E-state index is -0.341. The number of hydroxylamine groups is 2. The van der Waals surface area contributed by atoms with Gasteiger partial charge < -0.3 is 0 Å². The molecule has 0 fully saturated rings. The normalized spacial score (nSPS) is 12.2. The van der Waals surface area contributed by atoms with Crippen LogP contribution < -0.4 is 0 Å². The molecule has 23 heavy (non-hydrogen) atoms. The number of hydrogen-bond donors (Lipinski definition) is 1. The molecule has 0 aromatic carbocycles. The van der Waals surface area contributed by atoms with E-state index in [1.165, 1.54) is 64.2 Å². The number of hydrogen-bond acceptors (Lipinski definition) is 2. The molecule has 0 rings (SSSR count). The van der Waals surface area contributed by atoms with Crippen LogP contribution in [0.3, 0.4) is 0 Å². The maximum atomic E-state index is 11.8. The van der Waals surface area contributed by atoms with Gasteiger partial charge in [-0.25, -0.2) is 5.06 Å². The van der Waals surface area contributed by atoms with Gasteiger partial charge in [0.15, 0.2) is 0 Å². The second-order valence-corrected chi connectivity index (χ2v) is 6.94. The number of unbranched alkanes of at least 4 members (excludes halogenated alkanes) is 8. The van der Waals surface area contributed by atoms with Gasteiger partial charge in [0.25, 0.3) is 5.91 Å². The Labute approximate surface area is 144 Å². The monoisotopic (exact) mass is 325 g/mol. The van der Waals surface area contributed by atoms with E-state index in [0.717, 1.165) is 17.9 Å². The summed E-state index contributed by atoms with van der Waals surface area (Å²) >= 11 is 0. The number of amides is 1. The fourth-order valence-corrected chi connectivity index (χ4v) is 2.95. The molecule has 1 N–H and O–H groups in total. The third-order valence-electron chi connectivity index (χ3n) is 4.46. The standard InChI is InChI=1S/C20H39NO2/c1-5-7-9-11-12-14-16-19(15-13-10-8-6-2)17-21(23)20(22)18(3)4/h19,23H,3,5-17H2,1-2,4H3. The molecule has 1 unspecified atom stereocenters. The van der Waals surface area contributed by atoms with Gasteiger partial charge in [-0.1, -0.05) is 84.6 Å². The van der Waals surface area contributed by atoms with Crippen molar-refractivity contribution < 1.29 is 10.0 Å². The molecule has 1 atom stereocenters. The smallest absolute Gasteiger partial charge is 0.272 e. The Morgan fingerprint density at radius 1 is 0.913 bits per heavy atom. The Hall–Kier alpha value is -0.830. The van der Waals surface area contributed by atoms with E-state index in [-0.39, 0.29) is 5.91 Å². The topological polar surface area (TPSA) is 40.5 Å². The average molecular weight is 326 g/mol. The van der Waals surface area contributed by atoms with Crippen LogP contribution in [0.15, 0.2) is 12.2 Å². The molecule has 0 spiro atoms. The van der Waals surface area contributed by atoms with Crippen LogP contribution in [-0.2, 0) is 4.79 Å². The number of carbonyl (C=O) groups excluding carboxylic acids is 1. The second kappa shape index (κ2) is 14.7. The lowest BCUT2D eigenvalue weighted by molar-refractivity contribution is -0.163. The molecule has 3 heteroatoms. The first kappa shape index (κ1) is 22.2. The van der Waals surface area contributed by atoms with Gasteiger partial charge in [-0.3, -0.25) is 10.0 Å². The summed E-state index contributed by atoms with van der Waals surface area (Å²) in [5, 5.41) is 10.8. The van der Waals surface area contributed by atoms with Crippen LogP contribution in [0.4, 0.5) is 0 Å². The highest BCUT2D eigenvalue weighted by Crippen LogP contribution is 2.20. The Bertz CT molecular complexity index is 315. The molecular weight excluding hydrogens is 286 g/mol. The highest BCUT2D eigenvalue weighted by Gasteiger charge is 2.17. The van der Waals surface area contributed by atoms with Gasteiger partial charge in [0.1, 0.15) is 0 Å². The Morgan fingerprint density at radius 3 is 1.83 bits per heavy atom. The van der Waals surface area contributed by atoms with E-state index >= 15 is 0 Å². The minimum Gasteiger partial charge on any atom is -0.286 e. The molecule has 0 saturated heterocycles. The predicted molar refractivity (Wildman–Crippen MR) is 98.6 cm³/mol. The molecule has 1 amide bonds. The SMILES string of the molecule is C=C(C)C(=O)N(O)CC(CCCCCC)CCCCCCCC. The molecule has 0 saturated carbocycles. The van der Waals surface area contributed by atoms with Gasteiger partial charge in [-0.05, 0) is 25.7 Å². The molecule has 0 aliphatic carbocycles. The second-order valence-electron chi connectivity index (χ2n) is 6.94. The number of rotatable bonds is 15. The molecule has 0 aromatic rings. The van der Waals surface area contributed by atoms with Crippen LogP contribution in [0.1, 0.15) is 97.8 Å². The van der Waals surface area contributed by atoms with E-state index in [2.05, 4.69) is 20.4 Å². The first-order valence-corrected chi connectivity index (χ1v) is 9.69. The maximum absolute atomic E-state index is 11.8. The number of carbonyl (C=O) groups is 1. The van der Waals surface area contributed by atoms with Crippen molar-refractivity contribution in [1.82, 2.24) is 5.06 Å². The van der Waals surface area contributed by atoms with Crippen LogP contribution >= 0.6 is 0 Å². The summed E-state index contributed by atoms with van der Waals surface area (Å²) in [6, 6.07) is 0. The zero-order valence-corrected chi connectivity index (χ0v) is 15.8. The third-order valence-corrected chi connectivity index (χ3v) is 4.46. The molecule has 0 bridgehead atoms. The first-order valence-electron chi connectivity index (χ1n) is 9.69. The van der Waals surface area contributed by atoms with Gasteiger partial charge in [-0.2, -0.15) is 0 Å². The van der Waals surface area contributed by atoms with Crippen LogP contribution in [-0.4, -0.2) is 22.7 Å². The zero-order chi connectivity index (χ0) is 17.5. The quantitative estimate of drug-likeness (QED) is 0.171. The van der Waals surface area contributed by atoms with Crippen molar-refractivity contribution in [3.05, 3.63) is 12.2 Å². The largest absolute Gasteiger partial charge is 0.286 e. The highest BCUT2D eigenvalue weighted by atomic mass is 16.5. The van der Waals surface area contributed by atoms with Crippen molar-refractivity contribution in [2.24, 2.45) is 5.92 Å². The predicted octanol–water partition coefficient (Wildman–Crippen LogP) is 6.12. The van der Waals surface area contributed by atoms with Crippen molar-refractivity contribution >= 4 is 5.91 Å². The van der Waals surface area contributed by atoms with Crippen LogP contribution in [0, 0.1) is 5.92 Å². The Morgan fingerprint density at radius 2 is 1.35 bits per heavy atom. The summed E-state index contributed by atoms with van der Waals surface area (Å²) < 4.78 is 0. The number of nitrogens with zero attached hydrogens (tertiary/aromatic N) is 1. The van der Waals surface area contributed by atoms with Crippen LogP contribution in [0.2, 0.25) is 0 Å². The molecule has 0 aliphatic rings. The van der Waals surface area contributed by atoms with E-state index in [1.54, 1.807) is 6.92 Å². The third kappa shape index (κ3) is 12.3. The van der Waals surface area contributed by atoms with Crippen molar-refractivity contribution in [3.63, 3.8) is 0 Å². The fraction of sp³-hybridized carbons (Fsp3) is 0.850. The summed E-state index contributed by atoms with van der Waals surface area (Å²) in [6.45, 7) is 10.2. The Balaban J connectivity index is 4.16.